The van der Waals surface area contributed by atoms with Gasteiger partial charge in [0.1, 0.15) is 17.5 Å². The summed E-state index contributed by atoms with van der Waals surface area (Å²) in [4.78, 5) is 32.6. The van der Waals surface area contributed by atoms with Crippen molar-refractivity contribution in [3.63, 3.8) is 0 Å². The molecule has 0 unspecified atom stereocenters. The van der Waals surface area contributed by atoms with E-state index in [9.17, 15) is 19.6 Å². The van der Waals surface area contributed by atoms with E-state index in [4.69, 9.17) is 9.47 Å². The Morgan fingerprint density at radius 2 is 1.87 bits per heavy atom. The molecule has 0 spiro atoms. The molecule has 4 N–H and O–H groups in total. The van der Waals surface area contributed by atoms with Crippen LogP contribution in [0, 0.1) is 0 Å². The number of carbonyl (C=O) groups excluding carboxylic acids is 2. The highest BCUT2D eigenvalue weighted by Crippen LogP contribution is 2.14. The summed E-state index contributed by atoms with van der Waals surface area (Å²) in [6.45, 7) is -0.0993. The third-order valence-corrected chi connectivity index (χ3v) is 4.58. The van der Waals surface area contributed by atoms with E-state index >= 15 is 0 Å². The molecule has 0 radical (unpaired) electrons. The second kappa shape index (κ2) is 12.6. The third-order valence-electron chi connectivity index (χ3n) is 4.58. The second-order valence-electron chi connectivity index (χ2n) is 6.84. The Kier molecular flexibility index (Phi) is 9.88. The van der Waals surface area contributed by atoms with Crippen LogP contribution in [0.2, 0.25) is 0 Å². The Labute approximate surface area is 181 Å². The van der Waals surface area contributed by atoms with Gasteiger partial charge in [-0.1, -0.05) is 12.1 Å². The van der Waals surface area contributed by atoms with Crippen molar-refractivity contribution in [2.75, 3.05) is 20.8 Å². The summed E-state index contributed by atoms with van der Waals surface area (Å²) in [5, 5.41) is 24.5. The fourth-order valence-electron chi connectivity index (χ4n) is 2.90. The normalized spacial score (nSPS) is 12.5. The molecule has 1 heterocycles. The second-order valence-corrected chi connectivity index (χ2v) is 6.84. The van der Waals surface area contributed by atoms with E-state index in [1.165, 1.54) is 25.7 Å². The number of hydrogen-bond donors (Lipinski definition) is 4. The first kappa shape index (κ1) is 24.3. The Bertz CT molecular complexity index is 822. The van der Waals surface area contributed by atoms with Gasteiger partial charge < -0.3 is 30.2 Å². The fraction of sp³-hybridized carbons (Fsp3) is 0.400. The Hall–Kier alpha value is -3.02. The van der Waals surface area contributed by atoms with Crippen molar-refractivity contribution < 1.29 is 29.1 Å². The lowest BCUT2D eigenvalue weighted by molar-refractivity contribution is -0.124. The monoisotopic (exact) mass is 430 g/mol. The molecule has 0 saturated heterocycles. The average molecular weight is 430 g/mol. The summed E-state index contributed by atoms with van der Waals surface area (Å²) in [6.07, 6.45) is 5.68. The van der Waals surface area contributed by atoms with Crippen molar-refractivity contribution in [1.29, 1.82) is 0 Å². The van der Waals surface area contributed by atoms with Gasteiger partial charge in [0, 0.05) is 19.5 Å². The maximum Gasteiger partial charge on any atom is 0.475 e. The minimum absolute atomic E-state index is 0.0506. The lowest BCUT2D eigenvalue weighted by Crippen LogP contribution is -2.55. The van der Waals surface area contributed by atoms with E-state index in [-0.39, 0.29) is 12.3 Å². The number of carbonyl (C=O) groups is 2. The molecule has 0 fully saturated rings. The first-order valence-electron chi connectivity index (χ1n) is 9.79. The number of hydrogen-bond acceptors (Lipinski definition) is 8. The molecule has 1 aromatic carbocycles. The summed E-state index contributed by atoms with van der Waals surface area (Å²) in [6, 6.07) is 6.52. The maximum absolute atomic E-state index is 12.6. The molecule has 166 valence electrons. The Balaban J connectivity index is 1.92. The Morgan fingerprint density at radius 1 is 1.13 bits per heavy atom. The molecule has 0 aliphatic rings. The molecular weight excluding hydrogens is 403 g/mol. The van der Waals surface area contributed by atoms with Crippen LogP contribution in [0.15, 0.2) is 42.9 Å². The summed E-state index contributed by atoms with van der Waals surface area (Å²) in [5.41, 5.74) is 1.11. The highest BCUT2D eigenvalue weighted by atomic mass is 16.5. The molecule has 10 nitrogen and oxygen atoms in total. The number of amides is 2. The molecule has 0 aliphatic carbocycles. The average Bonchev–Trinajstić information content (AvgIpc) is 2.78. The molecule has 11 heteroatoms. The van der Waals surface area contributed by atoms with Crippen LogP contribution in [-0.4, -0.2) is 71.8 Å². The molecule has 31 heavy (non-hydrogen) atoms. The molecule has 2 aromatic rings. The zero-order chi connectivity index (χ0) is 22.6. The largest absolute Gasteiger partial charge is 0.497 e. The van der Waals surface area contributed by atoms with Crippen LogP contribution < -0.4 is 15.4 Å². The minimum Gasteiger partial charge on any atom is -0.497 e. The van der Waals surface area contributed by atoms with E-state index in [0.29, 0.717) is 19.3 Å². The summed E-state index contributed by atoms with van der Waals surface area (Å²) in [7, 11) is 1.23. The van der Waals surface area contributed by atoms with Gasteiger partial charge >= 0.3 is 7.12 Å². The lowest BCUT2D eigenvalue weighted by atomic mass is 9.76. The van der Waals surface area contributed by atoms with Crippen molar-refractivity contribution in [3.05, 3.63) is 54.1 Å². The van der Waals surface area contributed by atoms with E-state index < -0.39 is 30.9 Å². The standard InChI is InChI=1S/C20H27BN4O6/c1-30-13-17(24-19(26)16-12-22-10-11-23-16)20(27)25-18(21(28)29)5-3-4-14-6-8-15(31-2)9-7-14/h6-12,17-18,28-29H,3-5,13H2,1-2H3,(H,24,26)(H,25,27)/t17-,18+/m1/s1. The lowest BCUT2D eigenvalue weighted by Gasteiger charge is -2.22. The van der Waals surface area contributed by atoms with Crippen LogP contribution >= 0.6 is 0 Å². The van der Waals surface area contributed by atoms with Crippen molar-refractivity contribution >= 4 is 18.9 Å². The number of benzene rings is 1. The summed E-state index contributed by atoms with van der Waals surface area (Å²) < 4.78 is 10.1. The van der Waals surface area contributed by atoms with Gasteiger partial charge in [-0.25, -0.2) is 4.98 Å². The number of nitrogens with zero attached hydrogens (tertiary/aromatic N) is 2. The van der Waals surface area contributed by atoms with Gasteiger partial charge in [-0.2, -0.15) is 0 Å². The quantitative estimate of drug-likeness (QED) is 0.338. The Morgan fingerprint density at radius 3 is 2.45 bits per heavy atom. The fourth-order valence-corrected chi connectivity index (χ4v) is 2.90. The van der Waals surface area contributed by atoms with Crippen LogP contribution in [0.1, 0.15) is 28.9 Å². The molecule has 2 rings (SSSR count). The van der Waals surface area contributed by atoms with Gasteiger partial charge in [0.15, 0.2) is 0 Å². The van der Waals surface area contributed by atoms with Gasteiger partial charge in [0.05, 0.1) is 25.9 Å². The van der Waals surface area contributed by atoms with Crippen LogP contribution in [0.5, 0.6) is 5.75 Å². The highest BCUT2D eigenvalue weighted by Gasteiger charge is 2.29. The van der Waals surface area contributed by atoms with Crippen LogP contribution in [0.25, 0.3) is 0 Å². The van der Waals surface area contributed by atoms with Crippen LogP contribution in [-0.2, 0) is 16.0 Å². The van der Waals surface area contributed by atoms with Gasteiger partial charge in [-0.05, 0) is 37.0 Å². The van der Waals surface area contributed by atoms with Crippen molar-refractivity contribution in [2.45, 2.75) is 31.2 Å². The highest BCUT2D eigenvalue weighted by molar-refractivity contribution is 6.43. The predicted molar refractivity (Wildman–Crippen MR) is 113 cm³/mol. The van der Waals surface area contributed by atoms with E-state index in [1.807, 2.05) is 24.3 Å². The van der Waals surface area contributed by atoms with Gasteiger partial charge in [-0.15, -0.1) is 0 Å². The molecule has 0 saturated carbocycles. The smallest absolute Gasteiger partial charge is 0.475 e. The van der Waals surface area contributed by atoms with E-state index in [0.717, 1.165) is 11.3 Å². The number of rotatable bonds is 12. The number of methoxy groups -OCH3 is 2. The third kappa shape index (κ3) is 7.97. The minimum atomic E-state index is -1.75. The topological polar surface area (TPSA) is 143 Å². The first-order valence-corrected chi connectivity index (χ1v) is 9.79. The summed E-state index contributed by atoms with van der Waals surface area (Å²) >= 11 is 0. The molecule has 1 aromatic heterocycles. The maximum atomic E-state index is 12.6. The van der Waals surface area contributed by atoms with Gasteiger partial charge in [0.25, 0.3) is 5.91 Å². The predicted octanol–water partition coefficient (Wildman–Crippen LogP) is -0.250. The molecule has 2 atom stereocenters. The molecule has 0 aliphatic heterocycles. The van der Waals surface area contributed by atoms with Crippen LogP contribution in [0.4, 0.5) is 0 Å². The SMILES string of the molecule is COC[C@@H](NC(=O)c1cnccn1)C(=O)N[C@@H](CCCc1ccc(OC)cc1)B(O)O. The van der Waals surface area contributed by atoms with Crippen LogP contribution in [0.3, 0.4) is 0 Å². The van der Waals surface area contributed by atoms with Crippen molar-refractivity contribution in [1.82, 2.24) is 20.6 Å². The molecular formula is C20H27BN4O6. The van der Waals surface area contributed by atoms with E-state index in [1.54, 1.807) is 7.11 Å². The first-order chi connectivity index (χ1) is 14.9. The number of nitrogens with one attached hydrogen (secondary N) is 2. The van der Waals surface area contributed by atoms with Crippen molar-refractivity contribution in [2.24, 2.45) is 0 Å². The van der Waals surface area contributed by atoms with Gasteiger partial charge in [0.2, 0.25) is 5.91 Å². The number of aromatic nitrogens is 2. The van der Waals surface area contributed by atoms with E-state index in [2.05, 4.69) is 20.6 Å². The number of aryl methyl sites for hydroxylation is 1. The van der Waals surface area contributed by atoms with Crippen molar-refractivity contribution in [3.8, 4) is 5.75 Å². The summed E-state index contributed by atoms with van der Waals surface area (Å²) in [5.74, 6) is -1.33. The zero-order valence-corrected chi connectivity index (χ0v) is 17.5. The zero-order valence-electron chi connectivity index (χ0n) is 17.5. The molecule has 2 amide bonds. The molecule has 0 bridgehead atoms. The number of ether oxygens (including phenoxy) is 2. The van der Waals surface area contributed by atoms with Gasteiger partial charge in [-0.3, -0.25) is 14.6 Å².